The Hall–Kier alpha value is -1.58. The lowest BCUT2D eigenvalue weighted by atomic mass is 10.2. The number of benzene rings is 1. The summed E-state index contributed by atoms with van der Waals surface area (Å²) in [5.41, 5.74) is 3.87. The highest BCUT2D eigenvalue weighted by molar-refractivity contribution is 5.83. The molecule has 0 saturated heterocycles. The number of aryl methyl sites for hydroxylation is 1. The number of hydrogen-bond acceptors (Lipinski definition) is 2. The maximum atomic E-state index is 5.06. The van der Waals surface area contributed by atoms with E-state index in [1.54, 1.807) is 7.11 Å². The van der Waals surface area contributed by atoms with Crippen molar-refractivity contribution in [1.29, 1.82) is 0 Å². The van der Waals surface area contributed by atoms with Gasteiger partial charge in [0.15, 0.2) is 0 Å². The summed E-state index contributed by atoms with van der Waals surface area (Å²) in [5.74, 6) is 0. The van der Waals surface area contributed by atoms with Crippen LogP contribution in [0, 0.1) is 0 Å². The van der Waals surface area contributed by atoms with Gasteiger partial charge in [-0.3, -0.25) is 0 Å². The van der Waals surface area contributed by atoms with Gasteiger partial charge in [-0.1, -0.05) is 23.8 Å². The zero-order valence-electron chi connectivity index (χ0n) is 12.5. The SMILES string of the molecule is C=C(C)CCn1cc(CNCCOC)c2ccccc21. The highest BCUT2D eigenvalue weighted by Crippen LogP contribution is 2.22. The molecule has 1 aromatic carbocycles. The van der Waals surface area contributed by atoms with E-state index in [2.05, 4.69) is 53.8 Å². The van der Waals surface area contributed by atoms with E-state index in [0.29, 0.717) is 0 Å². The number of fused-ring (bicyclic) bond motifs is 1. The molecule has 0 aliphatic carbocycles. The van der Waals surface area contributed by atoms with Crippen LogP contribution in [0.1, 0.15) is 18.9 Å². The molecule has 3 nitrogen and oxygen atoms in total. The Bertz CT molecular complexity index is 571. The van der Waals surface area contributed by atoms with E-state index < -0.39 is 0 Å². The monoisotopic (exact) mass is 272 g/mol. The number of allylic oxidation sites excluding steroid dienone is 1. The Morgan fingerprint density at radius 2 is 2.15 bits per heavy atom. The van der Waals surface area contributed by atoms with Crippen molar-refractivity contribution in [3.63, 3.8) is 0 Å². The molecule has 2 rings (SSSR count). The Morgan fingerprint density at radius 3 is 2.90 bits per heavy atom. The standard InChI is InChI=1S/C17H24N2O/c1-14(2)8-10-19-13-15(12-18-9-11-20-3)16-6-4-5-7-17(16)19/h4-7,13,18H,1,8-12H2,2-3H3. The van der Waals surface area contributed by atoms with Crippen molar-refractivity contribution in [3.8, 4) is 0 Å². The number of para-hydroxylation sites is 1. The topological polar surface area (TPSA) is 26.2 Å². The zero-order valence-corrected chi connectivity index (χ0v) is 12.5. The minimum absolute atomic E-state index is 0.744. The number of rotatable bonds is 8. The van der Waals surface area contributed by atoms with Gasteiger partial charge >= 0.3 is 0 Å². The van der Waals surface area contributed by atoms with Gasteiger partial charge < -0.3 is 14.6 Å². The highest BCUT2D eigenvalue weighted by atomic mass is 16.5. The van der Waals surface area contributed by atoms with Crippen LogP contribution in [0.15, 0.2) is 42.6 Å². The first kappa shape index (κ1) is 14.8. The van der Waals surface area contributed by atoms with Gasteiger partial charge in [0.25, 0.3) is 0 Å². The first-order valence-electron chi connectivity index (χ1n) is 7.13. The summed E-state index contributed by atoms with van der Waals surface area (Å²) in [6, 6.07) is 8.58. The Kier molecular flexibility index (Phi) is 5.39. The fourth-order valence-corrected chi connectivity index (χ4v) is 2.36. The maximum Gasteiger partial charge on any atom is 0.0587 e. The molecule has 20 heavy (non-hydrogen) atoms. The molecule has 108 valence electrons. The molecule has 2 aromatic rings. The number of nitrogens with one attached hydrogen (secondary N) is 1. The Balaban J connectivity index is 2.15. The second-order valence-electron chi connectivity index (χ2n) is 5.24. The van der Waals surface area contributed by atoms with Gasteiger partial charge in [-0.15, -0.1) is 6.58 Å². The molecule has 0 aliphatic heterocycles. The minimum atomic E-state index is 0.744. The van der Waals surface area contributed by atoms with Crippen molar-refractivity contribution in [2.45, 2.75) is 26.4 Å². The summed E-state index contributed by atoms with van der Waals surface area (Å²) in [6.45, 7) is 9.56. The van der Waals surface area contributed by atoms with Crippen LogP contribution in [-0.4, -0.2) is 24.8 Å². The van der Waals surface area contributed by atoms with Crippen molar-refractivity contribution < 1.29 is 4.74 Å². The molecule has 0 atom stereocenters. The molecule has 0 aliphatic rings. The third-order valence-corrected chi connectivity index (χ3v) is 3.45. The lowest BCUT2D eigenvalue weighted by molar-refractivity contribution is 0.199. The van der Waals surface area contributed by atoms with E-state index in [0.717, 1.165) is 32.7 Å². The lowest BCUT2D eigenvalue weighted by Crippen LogP contribution is -2.18. The Morgan fingerprint density at radius 1 is 1.35 bits per heavy atom. The van der Waals surface area contributed by atoms with Crippen molar-refractivity contribution in [2.24, 2.45) is 0 Å². The second kappa shape index (κ2) is 7.27. The van der Waals surface area contributed by atoms with Crippen molar-refractivity contribution >= 4 is 10.9 Å². The van der Waals surface area contributed by atoms with Crippen molar-refractivity contribution in [1.82, 2.24) is 9.88 Å². The molecular formula is C17H24N2O. The predicted molar refractivity (Wildman–Crippen MR) is 85.0 cm³/mol. The zero-order chi connectivity index (χ0) is 14.4. The summed E-state index contributed by atoms with van der Waals surface area (Å²) in [7, 11) is 1.73. The van der Waals surface area contributed by atoms with Gasteiger partial charge in [-0.2, -0.15) is 0 Å². The van der Waals surface area contributed by atoms with E-state index in [9.17, 15) is 0 Å². The molecule has 1 N–H and O–H groups in total. The molecule has 1 heterocycles. The van der Waals surface area contributed by atoms with Crippen LogP contribution in [0.2, 0.25) is 0 Å². The minimum Gasteiger partial charge on any atom is -0.383 e. The molecule has 0 saturated carbocycles. The first-order valence-corrected chi connectivity index (χ1v) is 7.13. The number of methoxy groups -OCH3 is 1. The van der Waals surface area contributed by atoms with Crippen LogP contribution in [0.5, 0.6) is 0 Å². The van der Waals surface area contributed by atoms with Crippen LogP contribution in [0.4, 0.5) is 0 Å². The summed E-state index contributed by atoms with van der Waals surface area (Å²) in [6.07, 6.45) is 3.28. The van der Waals surface area contributed by atoms with E-state index >= 15 is 0 Å². The normalized spacial score (nSPS) is 11.1. The van der Waals surface area contributed by atoms with E-state index in [1.807, 2.05) is 0 Å². The fourth-order valence-electron chi connectivity index (χ4n) is 2.36. The molecule has 0 bridgehead atoms. The first-order chi connectivity index (χ1) is 9.72. The number of aromatic nitrogens is 1. The predicted octanol–water partition coefficient (Wildman–Crippen LogP) is 3.34. The molecule has 0 unspecified atom stereocenters. The third-order valence-electron chi connectivity index (χ3n) is 3.45. The summed E-state index contributed by atoms with van der Waals surface area (Å²) in [5, 5.41) is 4.75. The molecule has 0 amide bonds. The number of nitrogens with zero attached hydrogens (tertiary/aromatic N) is 1. The van der Waals surface area contributed by atoms with Gasteiger partial charge in [0, 0.05) is 43.8 Å². The summed E-state index contributed by atoms with van der Waals surface area (Å²) < 4.78 is 7.39. The molecular weight excluding hydrogens is 248 g/mol. The van der Waals surface area contributed by atoms with Gasteiger partial charge in [0.2, 0.25) is 0 Å². The van der Waals surface area contributed by atoms with Crippen LogP contribution >= 0.6 is 0 Å². The van der Waals surface area contributed by atoms with Gasteiger partial charge in [0.05, 0.1) is 6.61 Å². The largest absolute Gasteiger partial charge is 0.383 e. The van der Waals surface area contributed by atoms with Crippen molar-refractivity contribution in [2.75, 3.05) is 20.3 Å². The van der Waals surface area contributed by atoms with Crippen LogP contribution < -0.4 is 5.32 Å². The quantitative estimate of drug-likeness (QED) is 0.589. The molecule has 0 spiro atoms. The smallest absolute Gasteiger partial charge is 0.0587 e. The second-order valence-corrected chi connectivity index (χ2v) is 5.24. The van der Waals surface area contributed by atoms with Crippen LogP contribution in [0.25, 0.3) is 10.9 Å². The molecule has 0 fully saturated rings. The average molecular weight is 272 g/mol. The highest BCUT2D eigenvalue weighted by Gasteiger charge is 2.07. The number of hydrogen-bond donors (Lipinski definition) is 1. The van der Waals surface area contributed by atoms with Crippen LogP contribution in [-0.2, 0) is 17.8 Å². The third kappa shape index (κ3) is 3.71. The van der Waals surface area contributed by atoms with Gasteiger partial charge in [-0.25, -0.2) is 0 Å². The summed E-state index contributed by atoms with van der Waals surface area (Å²) in [4.78, 5) is 0. The maximum absolute atomic E-state index is 5.06. The molecule has 1 aromatic heterocycles. The van der Waals surface area contributed by atoms with Crippen LogP contribution in [0.3, 0.4) is 0 Å². The van der Waals surface area contributed by atoms with Gasteiger partial charge in [0.1, 0.15) is 0 Å². The van der Waals surface area contributed by atoms with E-state index in [1.165, 1.54) is 22.0 Å². The average Bonchev–Trinajstić information content (AvgIpc) is 2.80. The fraction of sp³-hybridized carbons (Fsp3) is 0.412. The molecule has 3 heteroatoms. The van der Waals surface area contributed by atoms with E-state index in [4.69, 9.17) is 4.74 Å². The summed E-state index contributed by atoms with van der Waals surface area (Å²) >= 11 is 0. The number of ether oxygens (including phenoxy) is 1. The van der Waals surface area contributed by atoms with E-state index in [-0.39, 0.29) is 0 Å². The lowest BCUT2D eigenvalue weighted by Gasteiger charge is -2.04. The Labute approximate surface area is 121 Å². The van der Waals surface area contributed by atoms with Crippen molar-refractivity contribution in [3.05, 3.63) is 48.2 Å². The molecule has 0 radical (unpaired) electrons. The van der Waals surface area contributed by atoms with Gasteiger partial charge in [-0.05, 0) is 25.0 Å².